The fourth-order valence-electron chi connectivity index (χ4n) is 2.51. The van der Waals surface area contributed by atoms with Crippen LogP contribution in [0.5, 0.6) is 11.5 Å². The van der Waals surface area contributed by atoms with Crippen LogP contribution in [0.4, 0.5) is 11.4 Å². The maximum absolute atomic E-state index is 12.7. The predicted molar refractivity (Wildman–Crippen MR) is 93.4 cm³/mol. The van der Waals surface area contributed by atoms with Crippen LogP contribution in [0.15, 0.2) is 26.6 Å². The highest BCUT2D eigenvalue weighted by Crippen LogP contribution is 2.40. The number of hydrogen-bond acceptors (Lipinski definition) is 8. The Balaban J connectivity index is 2.03. The molecule has 2 aromatic rings. The van der Waals surface area contributed by atoms with Gasteiger partial charge < -0.3 is 15.2 Å². The van der Waals surface area contributed by atoms with Gasteiger partial charge in [-0.25, -0.2) is 8.42 Å². The number of halogens is 1. The topological polar surface area (TPSA) is 122 Å². The Bertz CT molecular complexity index is 1020. The molecule has 1 saturated heterocycles. The van der Waals surface area contributed by atoms with Crippen molar-refractivity contribution in [1.82, 2.24) is 4.47 Å². The lowest BCUT2D eigenvalue weighted by atomic mass is 10.2. The normalized spacial score (nSPS) is 15.5. The average Bonchev–Trinajstić information content (AvgIpc) is 3.14. The molecule has 0 radical (unpaired) electrons. The number of rotatable bonds is 6. The summed E-state index contributed by atoms with van der Waals surface area (Å²) >= 11 is 5.97. The summed E-state index contributed by atoms with van der Waals surface area (Å²) in [7, 11) is -4.21. The molecule has 0 unspecified atom stereocenters. The molecule has 2 N–H and O–H groups in total. The van der Waals surface area contributed by atoms with Crippen LogP contribution in [0.25, 0.3) is 0 Å². The molecule has 11 heteroatoms. The smallest absolute Gasteiger partial charge is 0.272 e. The maximum atomic E-state index is 12.7. The minimum absolute atomic E-state index is 0.111. The van der Waals surface area contributed by atoms with E-state index in [4.69, 9.17) is 21.2 Å². The van der Waals surface area contributed by atoms with E-state index < -0.39 is 31.5 Å². The second-order valence-electron chi connectivity index (χ2n) is 5.41. The number of hydrogen-bond donors (Lipinski definition) is 2. The third kappa shape index (κ3) is 2.94. The molecule has 3 rings (SSSR count). The highest BCUT2D eigenvalue weighted by Gasteiger charge is 2.34. The molecular formula is C15H15ClN2O7S. The molecule has 26 heavy (non-hydrogen) atoms. The van der Waals surface area contributed by atoms with Gasteiger partial charge in [-0.2, -0.15) is 0 Å². The molecule has 1 aliphatic heterocycles. The van der Waals surface area contributed by atoms with Crippen LogP contribution < -0.4 is 20.9 Å². The third-order valence-electron chi connectivity index (χ3n) is 3.74. The van der Waals surface area contributed by atoms with Crippen molar-refractivity contribution in [3.8, 4) is 11.5 Å². The van der Waals surface area contributed by atoms with E-state index in [0.29, 0.717) is 6.42 Å². The SMILES string of the molecule is CCOc1c(Nc2ccc(Cl)c(S(=O)(=O)N3CCCO3)c2O)c(=O)c1=O. The zero-order valence-electron chi connectivity index (χ0n) is 13.6. The fraction of sp³-hybridized carbons (Fsp3) is 0.333. The van der Waals surface area contributed by atoms with E-state index in [9.17, 15) is 23.1 Å². The number of nitrogens with zero attached hydrogens (tertiary/aromatic N) is 1. The number of ether oxygens (including phenoxy) is 1. The molecule has 1 heterocycles. The van der Waals surface area contributed by atoms with Crippen molar-refractivity contribution in [2.45, 2.75) is 18.2 Å². The first-order valence-corrected chi connectivity index (χ1v) is 9.51. The monoisotopic (exact) mass is 402 g/mol. The lowest BCUT2D eigenvalue weighted by Gasteiger charge is -2.19. The number of phenolic OH excluding ortho intramolecular Hbond substituents is 1. The number of anilines is 2. The van der Waals surface area contributed by atoms with Gasteiger partial charge in [0.15, 0.2) is 11.5 Å². The number of aromatic hydroxyl groups is 1. The van der Waals surface area contributed by atoms with Crippen LogP contribution in [-0.4, -0.2) is 37.8 Å². The molecule has 0 aromatic heterocycles. The Kier molecular flexibility index (Phi) is 4.93. The zero-order chi connectivity index (χ0) is 19.1. The minimum atomic E-state index is -4.21. The van der Waals surface area contributed by atoms with E-state index in [-0.39, 0.29) is 41.9 Å². The largest absolute Gasteiger partial charge is 0.504 e. The summed E-state index contributed by atoms with van der Waals surface area (Å²) in [6, 6.07) is 2.53. The molecule has 0 spiro atoms. The number of nitrogens with one attached hydrogen (secondary N) is 1. The Morgan fingerprint density at radius 1 is 1.35 bits per heavy atom. The lowest BCUT2D eigenvalue weighted by molar-refractivity contribution is -0.0285. The molecule has 0 amide bonds. The molecule has 1 fully saturated rings. The van der Waals surface area contributed by atoms with Crippen LogP contribution in [0, 0.1) is 0 Å². The summed E-state index contributed by atoms with van der Waals surface area (Å²) in [4.78, 5) is 27.7. The van der Waals surface area contributed by atoms with Gasteiger partial charge in [0.1, 0.15) is 10.6 Å². The standard InChI is InChI=1S/C15H15ClN2O7S/c1-2-24-14-10(12(20)13(14)21)17-9-5-4-8(16)15(11(9)19)26(22,23)18-6-3-7-25-18/h4-5,17,19H,2-3,6-7H2,1H3. The van der Waals surface area contributed by atoms with Crippen molar-refractivity contribution in [3.63, 3.8) is 0 Å². The Morgan fingerprint density at radius 3 is 2.69 bits per heavy atom. The average molecular weight is 403 g/mol. The van der Waals surface area contributed by atoms with Crippen LogP contribution in [0.3, 0.4) is 0 Å². The first-order valence-electron chi connectivity index (χ1n) is 7.69. The van der Waals surface area contributed by atoms with Crippen molar-refractivity contribution in [2.75, 3.05) is 25.1 Å². The van der Waals surface area contributed by atoms with Gasteiger partial charge in [0.05, 0.1) is 23.9 Å². The van der Waals surface area contributed by atoms with E-state index in [0.717, 1.165) is 4.47 Å². The van der Waals surface area contributed by atoms with Crippen molar-refractivity contribution >= 4 is 33.0 Å². The fourth-order valence-corrected chi connectivity index (χ4v) is 4.41. The zero-order valence-corrected chi connectivity index (χ0v) is 15.2. The first-order chi connectivity index (χ1) is 12.3. The van der Waals surface area contributed by atoms with Crippen LogP contribution in [-0.2, 0) is 14.9 Å². The van der Waals surface area contributed by atoms with E-state index in [1.165, 1.54) is 12.1 Å². The van der Waals surface area contributed by atoms with Crippen LogP contribution in [0.2, 0.25) is 5.02 Å². The number of benzene rings is 1. The van der Waals surface area contributed by atoms with Gasteiger partial charge in [0.2, 0.25) is 0 Å². The first kappa shape index (κ1) is 18.6. The molecule has 2 aromatic carbocycles. The molecule has 0 atom stereocenters. The molecule has 0 aliphatic carbocycles. The molecule has 0 saturated carbocycles. The maximum Gasteiger partial charge on any atom is 0.272 e. The van der Waals surface area contributed by atoms with E-state index >= 15 is 0 Å². The van der Waals surface area contributed by atoms with Gasteiger partial charge in [-0.05, 0) is 25.5 Å². The number of sulfonamides is 1. The van der Waals surface area contributed by atoms with Gasteiger partial charge in [-0.1, -0.05) is 16.1 Å². The second-order valence-corrected chi connectivity index (χ2v) is 7.58. The second kappa shape index (κ2) is 6.88. The summed E-state index contributed by atoms with van der Waals surface area (Å²) < 4.78 is 31.1. The Labute approximate surface area is 153 Å². The molecular weight excluding hydrogens is 388 g/mol. The van der Waals surface area contributed by atoms with Crippen molar-refractivity contribution in [1.29, 1.82) is 0 Å². The summed E-state index contributed by atoms with van der Waals surface area (Å²) in [6.07, 6.45) is 0.511. The number of hydroxylamine groups is 1. The highest BCUT2D eigenvalue weighted by atomic mass is 35.5. The third-order valence-corrected chi connectivity index (χ3v) is 5.93. The summed E-state index contributed by atoms with van der Waals surface area (Å²) in [5, 5.41) is 12.8. The predicted octanol–water partition coefficient (Wildman–Crippen LogP) is 1.11. The molecule has 140 valence electrons. The van der Waals surface area contributed by atoms with Gasteiger partial charge in [-0.3, -0.25) is 14.4 Å². The van der Waals surface area contributed by atoms with E-state index in [1.54, 1.807) is 6.92 Å². The number of phenols is 1. The summed E-state index contributed by atoms with van der Waals surface area (Å²) in [6.45, 7) is 2.17. The van der Waals surface area contributed by atoms with Crippen molar-refractivity contribution in [2.24, 2.45) is 0 Å². The van der Waals surface area contributed by atoms with E-state index in [1.807, 2.05) is 0 Å². The van der Waals surface area contributed by atoms with Gasteiger partial charge in [0, 0.05) is 6.54 Å². The van der Waals surface area contributed by atoms with Crippen LogP contribution >= 0.6 is 11.6 Å². The van der Waals surface area contributed by atoms with Crippen LogP contribution in [0.1, 0.15) is 13.3 Å². The van der Waals surface area contributed by atoms with E-state index in [2.05, 4.69) is 5.32 Å². The highest BCUT2D eigenvalue weighted by molar-refractivity contribution is 7.89. The molecule has 9 nitrogen and oxygen atoms in total. The van der Waals surface area contributed by atoms with Gasteiger partial charge in [0.25, 0.3) is 20.9 Å². The van der Waals surface area contributed by atoms with Gasteiger partial charge in [-0.15, -0.1) is 0 Å². The van der Waals surface area contributed by atoms with Crippen molar-refractivity contribution < 1.29 is 23.1 Å². The quantitative estimate of drug-likeness (QED) is 0.544. The Hall–Kier alpha value is -2.14. The summed E-state index contributed by atoms with van der Waals surface area (Å²) in [5.41, 5.74) is -1.88. The molecule has 1 aliphatic rings. The molecule has 0 bridgehead atoms. The summed E-state index contributed by atoms with van der Waals surface area (Å²) in [5.74, 6) is -0.859. The Morgan fingerprint density at radius 2 is 2.08 bits per heavy atom. The lowest BCUT2D eigenvalue weighted by Crippen LogP contribution is -2.35. The van der Waals surface area contributed by atoms with Gasteiger partial charge >= 0.3 is 0 Å². The minimum Gasteiger partial charge on any atom is -0.504 e. The van der Waals surface area contributed by atoms with Crippen molar-refractivity contribution in [3.05, 3.63) is 37.6 Å².